The summed E-state index contributed by atoms with van der Waals surface area (Å²) >= 11 is 2.07. The Morgan fingerprint density at radius 2 is 2.00 bits per heavy atom. The van der Waals surface area contributed by atoms with E-state index in [9.17, 15) is 0 Å². The van der Waals surface area contributed by atoms with E-state index in [1.54, 1.807) is 0 Å². The predicted octanol–water partition coefficient (Wildman–Crippen LogP) is 4.38. The summed E-state index contributed by atoms with van der Waals surface area (Å²) in [6.07, 6.45) is 9.15. The number of rotatable bonds is 12. The summed E-state index contributed by atoms with van der Waals surface area (Å²) in [7, 11) is 0. The lowest BCUT2D eigenvalue weighted by molar-refractivity contribution is 0.177. The van der Waals surface area contributed by atoms with Crippen LogP contribution in [0.1, 0.15) is 46.0 Å². The minimum atomic E-state index is 0.780. The van der Waals surface area contributed by atoms with Gasteiger partial charge in [0.1, 0.15) is 0 Å². The number of allylic oxidation sites excluding steroid dienone is 4. The lowest BCUT2D eigenvalue weighted by atomic mass is 10.1. The quantitative estimate of drug-likeness (QED) is 0.500. The molecule has 1 aliphatic carbocycles. The molecule has 0 aromatic rings. The van der Waals surface area contributed by atoms with Crippen molar-refractivity contribution < 1.29 is 4.74 Å². The molecule has 0 spiro atoms. The Kier molecular flexibility index (Phi) is 11.0. The van der Waals surface area contributed by atoms with Crippen molar-refractivity contribution >= 4 is 11.8 Å². The monoisotopic (exact) mass is 322 g/mol. The maximum absolute atomic E-state index is 8.80. The maximum atomic E-state index is 8.80. The van der Waals surface area contributed by atoms with E-state index in [4.69, 9.17) is 10.00 Å². The van der Waals surface area contributed by atoms with E-state index in [2.05, 4.69) is 36.6 Å². The summed E-state index contributed by atoms with van der Waals surface area (Å²) in [5.41, 5.74) is 0.852. The first-order chi connectivity index (χ1) is 10.8. The molecule has 0 radical (unpaired) electrons. The van der Waals surface area contributed by atoms with Crippen LogP contribution in [0.3, 0.4) is 0 Å². The predicted molar refractivity (Wildman–Crippen MR) is 95.9 cm³/mol. The summed E-state index contributed by atoms with van der Waals surface area (Å²) in [6.45, 7) is 8.69. The number of thioether (sulfide) groups is 1. The second-order valence-electron chi connectivity index (χ2n) is 5.54. The topological polar surface area (TPSA) is 36.3 Å². The van der Waals surface area contributed by atoms with Gasteiger partial charge in [-0.25, -0.2) is 0 Å². The van der Waals surface area contributed by atoms with E-state index < -0.39 is 0 Å². The van der Waals surface area contributed by atoms with Crippen molar-refractivity contribution in [3.8, 4) is 6.07 Å². The maximum Gasteiger partial charge on any atom is 0.0963 e. The first-order valence-corrected chi connectivity index (χ1v) is 9.68. The van der Waals surface area contributed by atoms with Crippen molar-refractivity contribution in [1.29, 1.82) is 5.26 Å². The third-order valence-electron chi connectivity index (χ3n) is 3.72. The zero-order valence-electron chi connectivity index (χ0n) is 14.1. The third-order valence-corrected chi connectivity index (χ3v) is 4.99. The summed E-state index contributed by atoms with van der Waals surface area (Å²) < 4.78 is 5.80. The highest BCUT2D eigenvalue weighted by molar-refractivity contribution is 7.99. The fourth-order valence-electron chi connectivity index (χ4n) is 2.39. The smallest absolute Gasteiger partial charge is 0.0963 e. The van der Waals surface area contributed by atoms with Crippen LogP contribution in [0.15, 0.2) is 23.5 Å². The van der Waals surface area contributed by atoms with Gasteiger partial charge in [0.2, 0.25) is 0 Å². The van der Waals surface area contributed by atoms with Crippen molar-refractivity contribution in [2.75, 3.05) is 37.7 Å². The highest BCUT2D eigenvalue weighted by atomic mass is 32.2. The molecule has 1 rings (SSSR count). The number of nitriles is 1. The number of nitrogens with zero attached hydrogens (tertiary/aromatic N) is 2. The molecular formula is C18H30N2OS. The van der Waals surface area contributed by atoms with Gasteiger partial charge in [0.05, 0.1) is 18.4 Å². The molecule has 0 bridgehead atoms. The fraction of sp³-hybridized carbons (Fsp3) is 0.722. The molecule has 1 aliphatic rings. The SMILES string of the molecule is CCCSCCCN(CC)CCCOC1=CC=C(C#N)CC1. The lowest BCUT2D eigenvalue weighted by Crippen LogP contribution is -2.27. The highest BCUT2D eigenvalue weighted by Gasteiger charge is 2.07. The van der Waals surface area contributed by atoms with E-state index in [1.807, 2.05) is 12.2 Å². The summed E-state index contributed by atoms with van der Waals surface area (Å²) in [5, 5.41) is 8.80. The summed E-state index contributed by atoms with van der Waals surface area (Å²) in [4.78, 5) is 2.51. The van der Waals surface area contributed by atoms with E-state index in [1.165, 1.54) is 30.9 Å². The number of hydrogen-bond donors (Lipinski definition) is 0. The second-order valence-corrected chi connectivity index (χ2v) is 6.76. The molecule has 0 amide bonds. The summed E-state index contributed by atoms with van der Waals surface area (Å²) in [6, 6.07) is 2.20. The Balaban J connectivity index is 2.08. The Morgan fingerprint density at radius 3 is 2.64 bits per heavy atom. The molecular weight excluding hydrogens is 292 g/mol. The number of ether oxygens (including phenoxy) is 1. The van der Waals surface area contributed by atoms with Crippen LogP contribution in [-0.4, -0.2) is 42.6 Å². The molecule has 0 unspecified atom stereocenters. The normalized spacial score (nSPS) is 14.5. The molecule has 0 saturated heterocycles. The average Bonchev–Trinajstić information content (AvgIpc) is 2.57. The van der Waals surface area contributed by atoms with Crippen molar-refractivity contribution in [2.24, 2.45) is 0 Å². The van der Waals surface area contributed by atoms with Gasteiger partial charge in [-0.1, -0.05) is 13.8 Å². The van der Waals surface area contributed by atoms with E-state index >= 15 is 0 Å². The standard InChI is InChI=1S/C18H30N2OS/c1-3-14-22-15-6-12-20(4-2)11-5-13-21-18-9-7-17(16-19)8-10-18/h7,9H,3-6,8,10-15H2,1-2H3. The van der Waals surface area contributed by atoms with Crippen LogP contribution >= 0.6 is 11.8 Å². The zero-order valence-corrected chi connectivity index (χ0v) is 15.0. The molecule has 3 nitrogen and oxygen atoms in total. The van der Waals surface area contributed by atoms with Gasteiger partial charge in [-0.3, -0.25) is 0 Å². The first-order valence-electron chi connectivity index (χ1n) is 8.52. The molecule has 0 atom stereocenters. The average molecular weight is 323 g/mol. The summed E-state index contributed by atoms with van der Waals surface area (Å²) in [5.74, 6) is 3.59. The Labute approximate surface area is 140 Å². The van der Waals surface area contributed by atoms with E-state index in [-0.39, 0.29) is 0 Å². The largest absolute Gasteiger partial charge is 0.498 e. The van der Waals surface area contributed by atoms with Gasteiger partial charge in [-0.05, 0) is 62.4 Å². The molecule has 22 heavy (non-hydrogen) atoms. The van der Waals surface area contributed by atoms with E-state index in [0.717, 1.165) is 50.3 Å². The second kappa shape index (κ2) is 12.6. The molecule has 4 heteroatoms. The van der Waals surface area contributed by atoms with Gasteiger partial charge < -0.3 is 9.64 Å². The zero-order chi connectivity index (χ0) is 16.0. The van der Waals surface area contributed by atoms with Crippen molar-refractivity contribution in [2.45, 2.75) is 46.0 Å². The highest BCUT2D eigenvalue weighted by Crippen LogP contribution is 2.18. The van der Waals surface area contributed by atoms with Gasteiger partial charge >= 0.3 is 0 Å². The Bertz CT molecular complexity index is 398. The van der Waals surface area contributed by atoms with Crippen molar-refractivity contribution in [3.05, 3.63) is 23.5 Å². The molecule has 124 valence electrons. The van der Waals surface area contributed by atoms with Crippen LogP contribution in [0.2, 0.25) is 0 Å². The molecule has 0 aromatic carbocycles. The minimum absolute atomic E-state index is 0.780. The van der Waals surface area contributed by atoms with E-state index in [0.29, 0.717) is 0 Å². The van der Waals surface area contributed by atoms with Gasteiger partial charge in [0, 0.05) is 18.5 Å². The first kappa shape index (κ1) is 19.1. The van der Waals surface area contributed by atoms with Gasteiger partial charge in [-0.15, -0.1) is 0 Å². The Morgan fingerprint density at radius 1 is 1.18 bits per heavy atom. The molecule has 0 aromatic heterocycles. The van der Waals surface area contributed by atoms with Crippen LogP contribution in [0.4, 0.5) is 0 Å². The number of hydrogen-bond acceptors (Lipinski definition) is 4. The van der Waals surface area contributed by atoms with Crippen LogP contribution in [0.5, 0.6) is 0 Å². The van der Waals surface area contributed by atoms with Crippen molar-refractivity contribution in [1.82, 2.24) is 4.90 Å². The van der Waals surface area contributed by atoms with Crippen LogP contribution < -0.4 is 0 Å². The third kappa shape index (κ3) is 8.51. The van der Waals surface area contributed by atoms with Crippen LogP contribution in [-0.2, 0) is 4.74 Å². The molecule has 0 aliphatic heterocycles. The molecule has 0 saturated carbocycles. The Hall–Kier alpha value is -0.920. The van der Waals surface area contributed by atoms with Crippen LogP contribution in [0.25, 0.3) is 0 Å². The van der Waals surface area contributed by atoms with Gasteiger partial charge in [0.25, 0.3) is 0 Å². The molecule has 0 heterocycles. The lowest BCUT2D eigenvalue weighted by Gasteiger charge is -2.20. The fourth-order valence-corrected chi connectivity index (χ4v) is 3.21. The minimum Gasteiger partial charge on any atom is -0.498 e. The van der Waals surface area contributed by atoms with Crippen LogP contribution in [0, 0.1) is 11.3 Å². The van der Waals surface area contributed by atoms with Crippen molar-refractivity contribution in [3.63, 3.8) is 0 Å². The molecule has 0 fully saturated rings. The van der Waals surface area contributed by atoms with Gasteiger partial charge in [-0.2, -0.15) is 17.0 Å². The van der Waals surface area contributed by atoms with Gasteiger partial charge in [0.15, 0.2) is 0 Å². The molecule has 0 N–H and O–H groups in total.